The number of hydrogen-bond acceptors (Lipinski definition) is 2. The summed E-state index contributed by atoms with van der Waals surface area (Å²) >= 11 is 0. The van der Waals surface area contributed by atoms with Crippen molar-refractivity contribution >= 4 is 6.09 Å². The molecule has 0 aliphatic carbocycles. The van der Waals surface area contributed by atoms with Gasteiger partial charge < -0.3 is 9.84 Å². The zero-order valence-corrected chi connectivity index (χ0v) is 16.0. The summed E-state index contributed by atoms with van der Waals surface area (Å²) in [5, 5.41) is 10.0. The van der Waals surface area contributed by atoms with Crippen molar-refractivity contribution in [2.75, 3.05) is 6.67 Å². The Morgan fingerprint density at radius 3 is 2.41 bits per heavy atom. The third-order valence-electron chi connectivity index (χ3n) is 5.26. The van der Waals surface area contributed by atoms with Crippen molar-refractivity contribution in [2.45, 2.75) is 45.6 Å². The molecule has 1 heterocycles. The summed E-state index contributed by atoms with van der Waals surface area (Å²) in [6.07, 6.45) is -0.641. The van der Waals surface area contributed by atoms with E-state index in [0.29, 0.717) is 12.0 Å². The number of fused-ring (bicyclic) bond motifs is 1. The highest BCUT2D eigenvalue weighted by Gasteiger charge is 2.53. The second-order valence-corrected chi connectivity index (χ2v) is 8.09. The topological polar surface area (TPSA) is 49.8 Å². The van der Waals surface area contributed by atoms with Crippen molar-refractivity contribution in [2.24, 2.45) is 5.41 Å². The molecule has 1 aliphatic rings. The van der Waals surface area contributed by atoms with Crippen molar-refractivity contribution in [1.29, 1.82) is 0 Å². The molecule has 0 saturated heterocycles. The van der Waals surface area contributed by atoms with Crippen LogP contribution in [0.4, 0.5) is 9.18 Å². The van der Waals surface area contributed by atoms with E-state index in [1.807, 2.05) is 63.2 Å². The van der Waals surface area contributed by atoms with Crippen LogP contribution in [0.2, 0.25) is 0 Å². The maximum Gasteiger partial charge on any atom is 0.410 e. The van der Waals surface area contributed by atoms with Crippen LogP contribution < -0.4 is 0 Å². The predicted molar refractivity (Wildman–Crippen MR) is 102 cm³/mol. The second kappa shape index (κ2) is 7.31. The number of ether oxygens (including phenoxy) is 1. The first kappa shape index (κ1) is 19.4. The Labute approximate surface area is 159 Å². The molecule has 2 atom stereocenters. The number of amides is 1. The average molecular weight is 371 g/mol. The van der Waals surface area contributed by atoms with Crippen molar-refractivity contribution in [3.8, 4) is 0 Å². The van der Waals surface area contributed by atoms with Crippen molar-refractivity contribution in [3.63, 3.8) is 0 Å². The van der Waals surface area contributed by atoms with Crippen LogP contribution in [-0.2, 0) is 23.5 Å². The van der Waals surface area contributed by atoms with Crippen LogP contribution in [0, 0.1) is 5.41 Å². The Balaban J connectivity index is 2.11. The van der Waals surface area contributed by atoms with Gasteiger partial charge in [0.1, 0.15) is 6.67 Å². The minimum atomic E-state index is -1.66. The number of benzene rings is 2. The fraction of sp³-hybridized carbons (Fsp3) is 0.409. The van der Waals surface area contributed by atoms with E-state index in [-0.39, 0.29) is 12.0 Å². The second-order valence-electron chi connectivity index (χ2n) is 8.09. The van der Waals surface area contributed by atoms with Gasteiger partial charge in [0.2, 0.25) is 5.72 Å². The molecule has 0 spiro atoms. The van der Waals surface area contributed by atoms with Gasteiger partial charge in [-0.05, 0) is 23.0 Å². The smallest absolute Gasteiger partial charge is 0.410 e. The maximum atomic E-state index is 14.7. The lowest BCUT2D eigenvalue weighted by molar-refractivity contribution is -0.198. The molecule has 2 aromatic carbocycles. The molecule has 1 amide bonds. The monoisotopic (exact) mass is 371 g/mol. The number of carboxylic acid groups (broad SMARTS) is 1. The van der Waals surface area contributed by atoms with E-state index in [1.54, 1.807) is 12.1 Å². The Bertz CT molecular complexity index is 803. The molecule has 0 saturated carbocycles. The minimum absolute atomic E-state index is 0.125. The molecule has 144 valence electrons. The van der Waals surface area contributed by atoms with Gasteiger partial charge in [0.25, 0.3) is 0 Å². The summed E-state index contributed by atoms with van der Waals surface area (Å²) in [5.41, 5.74) is 0.356. The van der Waals surface area contributed by atoms with E-state index in [9.17, 15) is 14.3 Å². The molecule has 27 heavy (non-hydrogen) atoms. The van der Waals surface area contributed by atoms with Crippen LogP contribution in [0.1, 0.15) is 37.5 Å². The van der Waals surface area contributed by atoms with Gasteiger partial charge >= 0.3 is 6.09 Å². The number of nitrogens with zero attached hydrogens (tertiary/aromatic N) is 1. The molecular weight excluding hydrogens is 345 g/mol. The van der Waals surface area contributed by atoms with Gasteiger partial charge in [-0.25, -0.2) is 9.18 Å². The number of rotatable bonds is 4. The Kier molecular flexibility index (Phi) is 5.24. The molecule has 0 aromatic heterocycles. The molecule has 4 nitrogen and oxygen atoms in total. The van der Waals surface area contributed by atoms with E-state index in [4.69, 9.17) is 4.74 Å². The summed E-state index contributed by atoms with van der Waals surface area (Å²) in [5.74, 6) is 0. The fourth-order valence-corrected chi connectivity index (χ4v) is 3.84. The van der Waals surface area contributed by atoms with Gasteiger partial charge in [-0.1, -0.05) is 75.4 Å². The highest BCUT2D eigenvalue weighted by molar-refractivity contribution is 5.68. The summed E-state index contributed by atoms with van der Waals surface area (Å²) in [7, 11) is 0. The third kappa shape index (κ3) is 3.56. The third-order valence-corrected chi connectivity index (χ3v) is 5.26. The van der Waals surface area contributed by atoms with Crippen molar-refractivity contribution in [3.05, 3.63) is 71.3 Å². The van der Waals surface area contributed by atoms with Gasteiger partial charge in [-0.15, -0.1) is 0 Å². The van der Waals surface area contributed by atoms with Crippen LogP contribution in [0.3, 0.4) is 0 Å². The molecule has 2 unspecified atom stereocenters. The summed E-state index contributed by atoms with van der Waals surface area (Å²) in [6, 6.07) is 16.4. The summed E-state index contributed by atoms with van der Waals surface area (Å²) < 4.78 is 20.8. The van der Waals surface area contributed by atoms with E-state index in [2.05, 4.69) is 0 Å². The Hall–Kier alpha value is -2.40. The van der Waals surface area contributed by atoms with E-state index < -0.39 is 24.5 Å². The largest absolute Gasteiger partial charge is 0.465 e. The molecule has 5 heteroatoms. The van der Waals surface area contributed by atoms with Gasteiger partial charge in [0.15, 0.2) is 0 Å². The SMILES string of the molecule is CC(C)(C)C1Cc2ccccc2C(CF)(OCc2ccccc2)N1C(=O)O. The van der Waals surface area contributed by atoms with Crippen LogP contribution >= 0.6 is 0 Å². The van der Waals surface area contributed by atoms with Gasteiger partial charge in [-0.2, -0.15) is 0 Å². The number of hydrogen-bond donors (Lipinski definition) is 1. The Morgan fingerprint density at radius 2 is 1.81 bits per heavy atom. The molecule has 0 bridgehead atoms. The number of halogens is 1. The summed E-state index contributed by atoms with van der Waals surface area (Å²) in [4.78, 5) is 13.5. The molecule has 1 N–H and O–H groups in total. The molecule has 3 rings (SSSR count). The van der Waals surface area contributed by atoms with E-state index in [0.717, 1.165) is 11.1 Å². The molecule has 1 aliphatic heterocycles. The first-order valence-electron chi connectivity index (χ1n) is 9.14. The number of alkyl halides is 1. The van der Waals surface area contributed by atoms with Crippen LogP contribution in [-0.4, -0.2) is 28.8 Å². The van der Waals surface area contributed by atoms with Crippen LogP contribution in [0.5, 0.6) is 0 Å². The first-order valence-corrected chi connectivity index (χ1v) is 9.14. The van der Waals surface area contributed by atoms with E-state index in [1.165, 1.54) is 4.90 Å². The molecule has 2 aromatic rings. The maximum absolute atomic E-state index is 14.7. The number of carbonyl (C=O) groups is 1. The van der Waals surface area contributed by atoms with Crippen molar-refractivity contribution < 1.29 is 19.0 Å². The molecule has 0 radical (unpaired) electrons. The zero-order valence-electron chi connectivity index (χ0n) is 16.0. The first-order chi connectivity index (χ1) is 12.8. The molecular formula is C22H26FNO3. The summed E-state index contributed by atoms with van der Waals surface area (Å²) in [6.45, 7) is 5.10. The minimum Gasteiger partial charge on any atom is -0.465 e. The van der Waals surface area contributed by atoms with E-state index >= 15 is 0 Å². The average Bonchev–Trinajstić information content (AvgIpc) is 2.65. The highest BCUT2D eigenvalue weighted by atomic mass is 19.1. The molecule has 0 fully saturated rings. The van der Waals surface area contributed by atoms with Gasteiger partial charge in [-0.3, -0.25) is 4.90 Å². The fourth-order valence-electron chi connectivity index (χ4n) is 3.84. The quantitative estimate of drug-likeness (QED) is 0.825. The lowest BCUT2D eigenvalue weighted by atomic mass is 9.75. The predicted octanol–water partition coefficient (Wildman–Crippen LogP) is 4.98. The zero-order chi connectivity index (χ0) is 19.7. The standard InChI is InChI=1S/C22H26FNO3/c1-21(2,3)19-13-17-11-7-8-12-18(17)22(15-23,24(19)20(25)26)27-14-16-9-5-4-6-10-16/h4-12,19H,13-15H2,1-3H3,(H,25,26). The van der Waals surface area contributed by atoms with Gasteiger partial charge in [0.05, 0.1) is 6.61 Å². The lowest BCUT2D eigenvalue weighted by Crippen LogP contribution is -2.63. The van der Waals surface area contributed by atoms with Crippen LogP contribution in [0.25, 0.3) is 0 Å². The Morgan fingerprint density at radius 1 is 1.19 bits per heavy atom. The van der Waals surface area contributed by atoms with Gasteiger partial charge in [0, 0.05) is 11.6 Å². The van der Waals surface area contributed by atoms with Crippen LogP contribution in [0.15, 0.2) is 54.6 Å². The lowest BCUT2D eigenvalue weighted by Gasteiger charge is -2.52. The van der Waals surface area contributed by atoms with Crippen molar-refractivity contribution in [1.82, 2.24) is 4.90 Å². The normalized spacial score (nSPS) is 22.4. The highest BCUT2D eigenvalue weighted by Crippen LogP contribution is 2.45.